The number of rotatable bonds is 5. The van der Waals surface area contributed by atoms with E-state index in [1.165, 1.54) is 0 Å². The highest BCUT2D eigenvalue weighted by molar-refractivity contribution is 6.01. The molecule has 2 heterocycles. The molecule has 0 aliphatic carbocycles. The molecule has 0 aromatic heterocycles. The minimum atomic E-state index is -0.289. The molecular formula is C19H27N3O4. The van der Waals surface area contributed by atoms with Crippen LogP contribution in [0.25, 0.3) is 0 Å². The van der Waals surface area contributed by atoms with Gasteiger partial charge < -0.3 is 24.2 Å². The number of amides is 2. The number of benzene rings is 1. The van der Waals surface area contributed by atoms with Gasteiger partial charge in [-0.3, -0.25) is 9.59 Å². The zero-order chi connectivity index (χ0) is 18.7. The van der Waals surface area contributed by atoms with Crippen molar-refractivity contribution in [3.05, 3.63) is 18.2 Å². The van der Waals surface area contributed by atoms with E-state index in [1.807, 2.05) is 11.0 Å². The molecule has 26 heavy (non-hydrogen) atoms. The summed E-state index contributed by atoms with van der Waals surface area (Å²) in [5.74, 6) is 0.992. The Hall–Kier alpha value is -2.28. The second-order valence-electron chi connectivity index (χ2n) is 6.70. The van der Waals surface area contributed by atoms with Gasteiger partial charge in [0.05, 0.1) is 25.8 Å². The van der Waals surface area contributed by atoms with Crippen molar-refractivity contribution in [2.24, 2.45) is 5.92 Å². The number of hydrogen-bond acceptors (Lipinski definition) is 5. The number of ether oxygens (including phenoxy) is 2. The Labute approximate surface area is 154 Å². The standard InChI is InChI=1S/C19H27N3O4/c1-4-20-7-9-21(10-8-20)19(24)14-11-18(23)22(13-14)16-6-5-15(25-2)12-17(16)26-3/h5-6,12,14H,4,7-11,13H2,1-3H3/t14-/m0/s1. The highest BCUT2D eigenvalue weighted by Crippen LogP contribution is 2.36. The van der Waals surface area contributed by atoms with Gasteiger partial charge in [-0.15, -0.1) is 0 Å². The van der Waals surface area contributed by atoms with Gasteiger partial charge in [0.15, 0.2) is 0 Å². The smallest absolute Gasteiger partial charge is 0.228 e. The number of piperazine rings is 1. The van der Waals surface area contributed by atoms with Crippen molar-refractivity contribution < 1.29 is 19.1 Å². The Morgan fingerprint density at radius 3 is 2.50 bits per heavy atom. The van der Waals surface area contributed by atoms with E-state index >= 15 is 0 Å². The lowest BCUT2D eigenvalue weighted by atomic mass is 10.1. The van der Waals surface area contributed by atoms with Crippen LogP contribution in [0.2, 0.25) is 0 Å². The van der Waals surface area contributed by atoms with E-state index in [-0.39, 0.29) is 24.2 Å². The van der Waals surface area contributed by atoms with Gasteiger partial charge in [0.2, 0.25) is 11.8 Å². The topological polar surface area (TPSA) is 62.3 Å². The third-order valence-electron chi connectivity index (χ3n) is 5.28. The molecule has 2 aliphatic rings. The lowest BCUT2D eigenvalue weighted by Crippen LogP contribution is -2.50. The van der Waals surface area contributed by atoms with Gasteiger partial charge in [0, 0.05) is 45.2 Å². The average molecular weight is 361 g/mol. The second-order valence-corrected chi connectivity index (χ2v) is 6.70. The van der Waals surface area contributed by atoms with Crippen LogP contribution in [-0.2, 0) is 9.59 Å². The second kappa shape index (κ2) is 7.95. The quantitative estimate of drug-likeness (QED) is 0.789. The van der Waals surface area contributed by atoms with E-state index in [1.54, 1.807) is 31.3 Å². The van der Waals surface area contributed by atoms with Crippen LogP contribution in [0.5, 0.6) is 11.5 Å². The molecule has 7 heteroatoms. The monoisotopic (exact) mass is 361 g/mol. The third kappa shape index (κ3) is 3.62. The highest BCUT2D eigenvalue weighted by Gasteiger charge is 2.38. The third-order valence-corrected chi connectivity index (χ3v) is 5.28. The molecule has 0 bridgehead atoms. The average Bonchev–Trinajstić information content (AvgIpc) is 3.08. The molecule has 2 amide bonds. The van der Waals surface area contributed by atoms with Crippen molar-refractivity contribution in [3.8, 4) is 11.5 Å². The van der Waals surface area contributed by atoms with Crippen LogP contribution in [0, 0.1) is 5.92 Å². The Kier molecular flexibility index (Phi) is 5.66. The molecule has 1 aromatic rings. The van der Waals surface area contributed by atoms with Crippen molar-refractivity contribution in [2.45, 2.75) is 13.3 Å². The summed E-state index contributed by atoms with van der Waals surface area (Å²) in [5.41, 5.74) is 0.685. The summed E-state index contributed by atoms with van der Waals surface area (Å²) in [6.45, 7) is 6.82. The summed E-state index contributed by atoms with van der Waals surface area (Å²) < 4.78 is 10.6. The van der Waals surface area contributed by atoms with Crippen LogP contribution >= 0.6 is 0 Å². The fraction of sp³-hybridized carbons (Fsp3) is 0.579. The van der Waals surface area contributed by atoms with Crippen molar-refractivity contribution in [3.63, 3.8) is 0 Å². The van der Waals surface area contributed by atoms with Gasteiger partial charge in [-0.25, -0.2) is 0 Å². The maximum atomic E-state index is 12.8. The first-order chi connectivity index (χ1) is 12.6. The number of carbonyl (C=O) groups is 2. The van der Waals surface area contributed by atoms with Crippen LogP contribution in [0.1, 0.15) is 13.3 Å². The first-order valence-electron chi connectivity index (χ1n) is 9.11. The molecule has 7 nitrogen and oxygen atoms in total. The summed E-state index contributed by atoms with van der Waals surface area (Å²) in [7, 11) is 3.15. The van der Waals surface area contributed by atoms with E-state index in [2.05, 4.69) is 11.8 Å². The van der Waals surface area contributed by atoms with Crippen molar-refractivity contribution >= 4 is 17.5 Å². The molecule has 0 spiro atoms. The van der Waals surface area contributed by atoms with E-state index in [0.717, 1.165) is 32.7 Å². The van der Waals surface area contributed by atoms with E-state index in [4.69, 9.17) is 9.47 Å². The first-order valence-corrected chi connectivity index (χ1v) is 9.11. The molecule has 2 fully saturated rings. The Morgan fingerprint density at radius 2 is 1.88 bits per heavy atom. The van der Waals surface area contributed by atoms with Gasteiger partial charge in [-0.2, -0.15) is 0 Å². The van der Waals surface area contributed by atoms with Crippen molar-refractivity contribution in [1.82, 2.24) is 9.80 Å². The largest absolute Gasteiger partial charge is 0.497 e. The van der Waals surface area contributed by atoms with Crippen LogP contribution in [-0.4, -0.2) is 75.1 Å². The Bertz CT molecular complexity index is 671. The van der Waals surface area contributed by atoms with Crippen LogP contribution in [0.3, 0.4) is 0 Å². The highest BCUT2D eigenvalue weighted by atomic mass is 16.5. The van der Waals surface area contributed by atoms with Crippen LogP contribution in [0.15, 0.2) is 18.2 Å². The molecule has 0 N–H and O–H groups in total. The maximum Gasteiger partial charge on any atom is 0.228 e. The normalized spacial score (nSPS) is 21.2. The number of hydrogen-bond donors (Lipinski definition) is 0. The van der Waals surface area contributed by atoms with Gasteiger partial charge in [-0.05, 0) is 18.7 Å². The van der Waals surface area contributed by atoms with E-state index in [9.17, 15) is 9.59 Å². The maximum absolute atomic E-state index is 12.8. The number of methoxy groups -OCH3 is 2. The zero-order valence-electron chi connectivity index (χ0n) is 15.7. The molecule has 2 saturated heterocycles. The zero-order valence-corrected chi connectivity index (χ0v) is 15.7. The number of likely N-dealkylation sites (N-methyl/N-ethyl adjacent to an activating group) is 1. The van der Waals surface area contributed by atoms with Crippen LogP contribution < -0.4 is 14.4 Å². The molecular weight excluding hydrogens is 334 g/mol. The fourth-order valence-corrected chi connectivity index (χ4v) is 3.66. The molecule has 2 aliphatic heterocycles. The Morgan fingerprint density at radius 1 is 1.15 bits per heavy atom. The van der Waals surface area contributed by atoms with Gasteiger partial charge in [-0.1, -0.05) is 6.92 Å². The lowest BCUT2D eigenvalue weighted by molar-refractivity contribution is -0.137. The minimum Gasteiger partial charge on any atom is -0.497 e. The summed E-state index contributed by atoms with van der Waals surface area (Å²) >= 11 is 0. The van der Waals surface area contributed by atoms with E-state index < -0.39 is 0 Å². The molecule has 0 radical (unpaired) electrons. The van der Waals surface area contributed by atoms with Crippen LogP contribution in [0.4, 0.5) is 5.69 Å². The number of anilines is 1. The number of carbonyl (C=O) groups excluding carboxylic acids is 2. The predicted octanol–water partition coefficient (Wildman–Crippen LogP) is 1.22. The van der Waals surface area contributed by atoms with E-state index in [0.29, 0.717) is 23.7 Å². The van der Waals surface area contributed by atoms with Gasteiger partial charge in [0.1, 0.15) is 11.5 Å². The SMILES string of the molecule is CCN1CCN(C(=O)[C@H]2CC(=O)N(c3ccc(OC)cc3OC)C2)CC1. The summed E-state index contributed by atoms with van der Waals surface area (Å²) in [6.07, 6.45) is 0.252. The van der Waals surface area contributed by atoms with Crippen molar-refractivity contribution in [2.75, 3.05) is 58.4 Å². The van der Waals surface area contributed by atoms with Gasteiger partial charge in [0.25, 0.3) is 0 Å². The fourth-order valence-electron chi connectivity index (χ4n) is 3.66. The lowest BCUT2D eigenvalue weighted by Gasteiger charge is -2.35. The molecule has 142 valence electrons. The number of nitrogens with zero attached hydrogens (tertiary/aromatic N) is 3. The molecule has 0 unspecified atom stereocenters. The molecule has 0 saturated carbocycles. The van der Waals surface area contributed by atoms with Crippen molar-refractivity contribution in [1.29, 1.82) is 0 Å². The van der Waals surface area contributed by atoms with Gasteiger partial charge >= 0.3 is 0 Å². The molecule has 1 atom stereocenters. The first kappa shape index (κ1) is 18.5. The molecule has 3 rings (SSSR count). The molecule has 1 aromatic carbocycles. The Balaban J connectivity index is 1.70. The summed E-state index contributed by atoms with van der Waals surface area (Å²) in [4.78, 5) is 31.3. The summed E-state index contributed by atoms with van der Waals surface area (Å²) in [6, 6.07) is 5.36. The minimum absolute atomic E-state index is 0.0426. The summed E-state index contributed by atoms with van der Waals surface area (Å²) in [5, 5.41) is 0. The predicted molar refractivity (Wildman–Crippen MR) is 98.7 cm³/mol.